The summed E-state index contributed by atoms with van der Waals surface area (Å²) in [5, 5.41) is 29.9. The summed E-state index contributed by atoms with van der Waals surface area (Å²) in [6.45, 7) is 0. The Balaban J connectivity index is 2.21. The van der Waals surface area contributed by atoms with E-state index in [2.05, 4.69) is 0 Å². The molecular formula is C16H14O6. The van der Waals surface area contributed by atoms with Crippen LogP contribution in [0.5, 0.6) is 28.7 Å². The van der Waals surface area contributed by atoms with Crippen LogP contribution in [0, 0.1) is 0 Å². The Bertz CT molecular complexity index is 849. The zero-order valence-electron chi connectivity index (χ0n) is 12.0. The highest BCUT2D eigenvalue weighted by Crippen LogP contribution is 2.44. The van der Waals surface area contributed by atoms with Gasteiger partial charge in [-0.05, 0) is 24.3 Å². The molecule has 2 aromatic carbocycles. The van der Waals surface area contributed by atoms with E-state index in [9.17, 15) is 15.3 Å². The lowest BCUT2D eigenvalue weighted by Crippen LogP contribution is -1.88. The van der Waals surface area contributed by atoms with Crippen LogP contribution in [0.1, 0.15) is 0 Å². The summed E-state index contributed by atoms with van der Waals surface area (Å²) in [5.74, 6) is 0.193. The largest absolute Gasteiger partial charge is 0.504 e. The number of ether oxygens (including phenoxy) is 2. The molecule has 0 atom stereocenters. The quantitative estimate of drug-likeness (QED) is 0.643. The first-order valence-corrected chi connectivity index (χ1v) is 6.45. The van der Waals surface area contributed by atoms with E-state index in [-0.39, 0.29) is 23.0 Å². The summed E-state index contributed by atoms with van der Waals surface area (Å²) < 4.78 is 15.9. The van der Waals surface area contributed by atoms with E-state index in [0.29, 0.717) is 22.7 Å². The maximum Gasteiger partial charge on any atom is 0.201 e. The minimum atomic E-state index is -0.360. The Kier molecular flexibility index (Phi) is 3.21. The lowest BCUT2D eigenvalue weighted by Gasteiger charge is -2.09. The first-order chi connectivity index (χ1) is 10.5. The summed E-state index contributed by atoms with van der Waals surface area (Å²) in [7, 11) is 2.85. The van der Waals surface area contributed by atoms with Gasteiger partial charge in [0.2, 0.25) is 5.75 Å². The van der Waals surface area contributed by atoms with Gasteiger partial charge in [0.1, 0.15) is 11.3 Å². The third kappa shape index (κ3) is 2.05. The van der Waals surface area contributed by atoms with Crippen molar-refractivity contribution in [1.29, 1.82) is 0 Å². The molecule has 0 aliphatic heterocycles. The molecule has 0 spiro atoms. The molecule has 1 heterocycles. The van der Waals surface area contributed by atoms with Crippen molar-refractivity contribution < 1.29 is 29.2 Å². The first kappa shape index (κ1) is 13.9. The van der Waals surface area contributed by atoms with Crippen LogP contribution in [-0.2, 0) is 0 Å². The molecule has 0 unspecified atom stereocenters. The lowest BCUT2D eigenvalue weighted by atomic mass is 10.1. The van der Waals surface area contributed by atoms with E-state index < -0.39 is 0 Å². The van der Waals surface area contributed by atoms with Gasteiger partial charge in [0.15, 0.2) is 23.0 Å². The zero-order chi connectivity index (χ0) is 15.9. The molecule has 0 aliphatic carbocycles. The van der Waals surface area contributed by atoms with E-state index >= 15 is 0 Å². The van der Waals surface area contributed by atoms with Gasteiger partial charge in [-0.25, -0.2) is 0 Å². The number of fused-ring (bicyclic) bond motifs is 1. The molecule has 6 heteroatoms. The second-order valence-electron chi connectivity index (χ2n) is 4.69. The third-order valence-electron chi connectivity index (χ3n) is 3.40. The van der Waals surface area contributed by atoms with Crippen molar-refractivity contribution >= 4 is 11.0 Å². The number of aromatic hydroxyl groups is 3. The zero-order valence-corrected chi connectivity index (χ0v) is 12.0. The van der Waals surface area contributed by atoms with Crippen molar-refractivity contribution in [2.75, 3.05) is 14.2 Å². The van der Waals surface area contributed by atoms with Crippen LogP contribution in [0.4, 0.5) is 0 Å². The maximum atomic E-state index is 9.86. The topological polar surface area (TPSA) is 92.3 Å². The number of phenols is 3. The van der Waals surface area contributed by atoms with Gasteiger partial charge in [-0.15, -0.1) is 0 Å². The average Bonchev–Trinajstić information content (AvgIpc) is 2.91. The Hall–Kier alpha value is -3.02. The minimum Gasteiger partial charge on any atom is -0.504 e. The average molecular weight is 302 g/mol. The normalized spacial score (nSPS) is 10.8. The molecule has 0 radical (unpaired) electrons. The molecule has 0 saturated heterocycles. The van der Waals surface area contributed by atoms with Gasteiger partial charge in [-0.2, -0.15) is 0 Å². The monoisotopic (exact) mass is 302 g/mol. The van der Waals surface area contributed by atoms with Gasteiger partial charge < -0.3 is 29.2 Å². The van der Waals surface area contributed by atoms with Crippen molar-refractivity contribution in [1.82, 2.24) is 0 Å². The van der Waals surface area contributed by atoms with Crippen molar-refractivity contribution in [2.24, 2.45) is 0 Å². The van der Waals surface area contributed by atoms with Gasteiger partial charge in [-0.3, -0.25) is 0 Å². The fourth-order valence-electron chi connectivity index (χ4n) is 2.31. The molecule has 3 N–H and O–H groups in total. The molecule has 3 rings (SSSR count). The Morgan fingerprint density at radius 1 is 0.909 bits per heavy atom. The number of phenolic OH excluding ortho intramolecular Hbond substituents is 3. The second-order valence-corrected chi connectivity index (χ2v) is 4.69. The van der Waals surface area contributed by atoms with Gasteiger partial charge in [0.05, 0.1) is 19.8 Å². The van der Waals surface area contributed by atoms with Crippen molar-refractivity contribution in [3.8, 4) is 40.1 Å². The Morgan fingerprint density at radius 3 is 2.36 bits per heavy atom. The summed E-state index contributed by atoms with van der Waals surface area (Å²) in [6, 6.07) is 7.74. The van der Waals surface area contributed by atoms with E-state index in [1.165, 1.54) is 26.4 Å². The Labute approximate surface area is 125 Å². The van der Waals surface area contributed by atoms with Crippen molar-refractivity contribution in [3.05, 3.63) is 30.3 Å². The fraction of sp³-hybridized carbons (Fsp3) is 0.125. The molecule has 0 bridgehead atoms. The SMILES string of the molecule is COc1cc2cc(-c3ccc(O)c(O)c3OC)oc2cc1O. The van der Waals surface area contributed by atoms with E-state index in [0.717, 1.165) is 5.39 Å². The van der Waals surface area contributed by atoms with E-state index in [4.69, 9.17) is 13.9 Å². The molecule has 0 amide bonds. The predicted octanol–water partition coefficient (Wildman–Crippen LogP) is 3.23. The third-order valence-corrected chi connectivity index (χ3v) is 3.40. The van der Waals surface area contributed by atoms with Crippen molar-refractivity contribution in [3.63, 3.8) is 0 Å². The summed E-state index contributed by atoms with van der Waals surface area (Å²) >= 11 is 0. The van der Waals surface area contributed by atoms with Crippen LogP contribution in [0.25, 0.3) is 22.3 Å². The van der Waals surface area contributed by atoms with Crippen LogP contribution < -0.4 is 9.47 Å². The Morgan fingerprint density at radius 2 is 1.68 bits per heavy atom. The number of furan rings is 1. The highest BCUT2D eigenvalue weighted by molar-refractivity contribution is 5.87. The lowest BCUT2D eigenvalue weighted by molar-refractivity contribution is 0.351. The molecule has 1 aromatic heterocycles. The standard InChI is InChI=1S/C16H14O6/c1-20-14-6-8-5-13(22-12(8)7-11(14)18)9-3-4-10(17)15(19)16(9)21-2/h3-7,17-19H,1-2H3. The van der Waals surface area contributed by atoms with Crippen LogP contribution in [0.3, 0.4) is 0 Å². The summed E-state index contributed by atoms with van der Waals surface area (Å²) in [5.41, 5.74) is 0.940. The molecule has 3 aromatic rings. The number of hydrogen-bond acceptors (Lipinski definition) is 6. The van der Waals surface area contributed by atoms with Crippen molar-refractivity contribution in [2.45, 2.75) is 0 Å². The summed E-state index contributed by atoms with van der Waals surface area (Å²) in [6.07, 6.45) is 0. The molecule has 114 valence electrons. The fourth-order valence-corrected chi connectivity index (χ4v) is 2.31. The first-order valence-electron chi connectivity index (χ1n) is 6.45. The number of rotatable bonds is 3. The minimum absolute atomic E-state index is 0.0311. The molecule has 0 fully saturated rings. The maximum absolute atomic E-state index is 9.86. The van der Waals surface area contributed by atoms with Crippen LogP contribution in [-0.4, -0.2) is 29.5 Å². The van der Waals surface area contributed by atoms with Crippen LogP contribution >= 0.6 is 0 Å². The summed E-state index contributed by atoms with van der Waals surface area (Å²) in [4.78, 5) is 0. The molecule has 0 saturated carbocycles. The van der Waals surface area contributed by atoms with Gasteiger partial charge in [0, 0.05) is 11.5 Å². The van der Waals surface area contributed by atoms with E-state index in [1.807, 2.05) is 0 Å². The number of hydrogen-bond donors (Lipinski definition) is 3. The van der Waals surface area contributed by atoms with Crippen LogP contribution in [0.15, 0.2) is 34.7 Å². The highest BCUT2D eigenvalue weighted by atomic mass is 16.5. The number of benzene rings is 2. The van der Waals surface area contributed by atoms with E-state index in [1.54, 1.807) is 18.2 Å². The van der Waals surface area contributed by atoms with Gasteiger partial charge in [0.25, 0.3) is 0 Å². The highest BCUT2D eigenvalue weighted by Gasteiger charge is 2.18. The predicted molar refractivity (Wildman–Crippen MR) is 79.7 cm³/mol. The van der Waals surface area contributed by atoms with Gasteiger partial charge in [-0.1, -0.05) is 0 Å². The molecule has 0 aliphatic rings. The molecule has 6 nitrogen and oxygen atoms in total. The molecular weight excluding hydrogens is 288 g/mol. The van der Waals surface area contributed by atoms with Gasteiger partial charge >= 0.3 is 0 Å². The smallest absolute Gasteiger partial charge is 0.201 e. The van der Waals surface area contributed by atoms with Crippen LogP contribution in [0.2, 0.25) is 0 Å². The number of methoxy groups -OCH3 is 2. The second kappa shape index (κ2) is 5.07. The molecule has 22 heavy (non-hydrogen) atoms.